The molecule has 2 N–H and O–H groups in total. The zero-order valence-corrected chi connectivity index (χ0v) is 13.0. The largest absolute Gasteiger partial charge is 0.326 e. The van der Waals surface area contributed by atoms with Crippen LogP contribution in [0.3, 0.4) is 0 Å². The predicted molar refractivity (Wildman–Crippen MR) is 82.3 cm³/mol. The van der Waals surface area contributed by atoms with E-state index in [9.17, 15) is 8.42 Å². The standard InChI is InChI=1S/C14H18N2O2S2/c1-10-6-7-16(9-10)20(17,18)14-11-4-2-3-5-12(11)19-13(14)8-15/h2-5,10H,6-9,15H2,1H3. The minimum atomic E-state index is -3.43. The Bertz CT molecular complexity index is 737. The fourth-order valence-electron chi connectivity index (χ4n) is 2.73. The number of hydrogen-bond acceptors (Lipinski definition) is 4. The molecular formula is C14H18N2O2S2. The Morgan fingerprint density at radius 1 is 1.40 bits per heavy atom. The highest BCUT2D eigenvalue weighted by molar-refractivity contribution is 7.89. The van der Waals surface area contributed by atoms with Gasteiger partial charge in [0.25, 0.3) is 0 Å². The van der Waals surface area contributed by atoms with Gasteiger partial charge in [-0.3, -0.25) is 0 Å². The molecule has 2 heterocycles. The highest BCUT2D eigenvalue weighted by Crippen LogP contribution is 2.37. The van der Waals surface area contributed by atoms with Gasteiger partial charge in [-0.25, -0.2) is 8.42 Å². The van der Waals surface area contributed by atoms with Crippen LogP contribution in [0.15, 0.2) is 29.2 Å². The van der Waals surface area contributed by atoms with E-state index in [0.717, 1.165) is 21.4 Å². The first kappa shape index (κ1) is 14.0. The lowest BCUT2D eigenvalue weighted by atomic mass is 10.2. The van der Waals surface area contributed by atoms with E-state index in [1.807, 2.05) is 24.3 Å². The number of thiophene rings is 1. The summed E-state index contributed by atoms with van der Waals surface area (Å²) in [6.45, 7) is 3.57. The molecule has 0 aliphatic carbocycles. The lowest BCUT2D eigenvalue weighted by Crippen LogP contribution is -2.29. The summed E-state index contributed by atoms with van der Waals surface area (Å²) in [5.41, 5.74) is 5.76. The Morgan fingerprint density at radius 2 is 2.15 bits per heavy atom. The van der Waals surface area contributed by atoms with Gasteiger partial charge < -0.3 is 5.73 Å². The van der Waals surface area contributed by atoms with Crippen LogP contribution < -0.4 is 5.73 Å². The number of hydrogen-bond donors (Lipinski definition) is 1. The highest BCUT2D eigenvalue weighted by atomic mass is 32.2. The van der Waals surface area contributed by atoms with Crippen molar-refractivity contribution in [1.29, 1.82) is 0 Å². The molecule has 108 valence electrons. The molecule has 0 radical (unpaired) electrons. The summed E-state index contributed by atoms with van der Waals surface area (Å²) in [7, 11) is -3.43. The summed E-state index contributed by atoms with van der Waals surface area (Å²) in [4.78, 5) is 1.18. The van der Waals surface area contributed by atoms with E-state index in [1.165, 1.54) is 11.3 Å². The molecule has 6 heteroatoms. The van der Waals surface area contributed by atoms with Crippen LogP contribution >= 0.6 is 11.3 Å². The number of rotatable bonds is 3. The molecule has 0 bridgehead atoms. The topological polar surface area (TPSA) is 63.4 Å². The van der Waals surface area contributed by atoms with Gasteiger partial charge in [0.05, 0.1) is 0 Å². The third kappa shape index (κ3) is 2.16. The van der Waals surface area contributed by atoms with Crippen molar-refractivity contribution < 1.29 is 8.42 Å². The van der Waals surface area contributed by atoms with Crippen LogP contribution in [0.2, 0.25) is 0 Å². The predicted octanol–water partition coefficient (Wildman–Crippen LogP) is 2.39. The van der Waals surface area contributed by atoms with Crippen LogP contribution in [0.25, 0.3) is 10.1 Å². The van der Waals surface area contributed by atoms with E-state index in [1.54, 1.807) is 4.31 Å². The maximum absolute atomic E-state index is 12.9. The van der Waals surface area contributed by atoms with Crippen LogP contribution in [0.5, 0.6) is 0 Å². The average molecular weight is 310 g/mol. The van der Waals surface area contributed by atoms with E-state index in [0.29, 0.717) is 23.9 Å². The zero-order valence-electron chi connectivity index (χ0n) is 11.4. The van der Waals surface area contributed by atoms with Gasteiger partial charge in [0.15, 0.2) is 0 Å². The Morgan fingerprint density at radius 3 is 2.80 bits per heavy atom. The Hall–Kier alpha value is -0.950. The molecule has 1 saturated heterocycles. The fourth-order valence-corrected chi connectivity index (χ4v) is 6.10. The first-order valence-corrected chi connectivity index (χ1v) is 9.00. The molecule has 1 aliphatic rings. The molecule has 1 aliphatic heterocycles. The molecule has 1 unspecified atom stereocenters. The van der Waals surface area contributed by atoms with E-state index < -0.39 is 10.0 Å². The Balaban J connectivity index is 2.17. The third-order valence-electron chi connectivity index (χ3n) is 3.79. The van der Waals surface area contributed by atoms with Gasteiger partial charge in [-0.1, -0.05) is 25.1 Å². The molecule has 20 heavy (non-hydrogen) atoms. The van der Waals surface area contributed by atoms with E-state index in [4.69, 9.17) is 5.73 Å². The van der Waals surface area contributed by atoms with Crippen molar-refractivity contribution in [2.45, 2.75) is 24.8 Å². The Kier molecular flexibility index (Phi) is 3.58. The molecule has 0 spiro atoms. The molecule has 0 amide bonds. The molecule has 1 aromatic carbocycles. The van der Waals surface area contributed by atoms with Gasteiger partial charge in [-0.05, 0) is 18.4 Å². The first-order chi connectivity index (χ1) is 9.54. The van der Waals surface area contributed by atoms with E-state index >= 15 is 0 Å². The van der Waals surface area contributed by atoms with Crippen LogP contribution in [0, 0.1) is 5.92 Å². The quantitative estimate of drug-likeness (QED) is 0.947. The second-order valence-electron chi connectivity index (χ2n) is 5.31. The number of benzene rings is 1. The monoisotopic (exact) mass is 310 g/mol. The van der Waals surface area contributed by atoms with Gasteiger partial charge in [-0.15, -0.1) is 11.3 Å². The van der Waals surface area contributed by atoms with Gasteiger partial charge in [0.1, 0.15) is 4.90 Å². The third-order valence-corrected chi connectivity index (χ3v) is 7.10. The molecule has 1 aromatic heterocycles. The van der Waals surface area contributed by atoms with Crippen molar-refractivity contribution in [2.24, 2.45) is 11.7 Å². The second-order valence-corrected chi connectivity index (χ2v) is 8.32. The van der Waals surface area contributed by atoms with Crippen molar-refractivity contribution in [3.05, 3.63) is 29.1 Å². The molecular weight excluding hydrogens is 292 g/mol. The molecule has 2 aromatic rings. The maximum Gasteiger partial charge on any atom is 0.244 e. The van der Waals surface area contributed by atoms with E-state index in [2.05, 4.69) is 6.92 Å². The van der Waals surface area contributed by atoms with Crippen LogP contribution in [0.1, 0.15) is 18.2 Å². The molecule has 4 nitrogen and oxygen atoms in total. The van der Waals surface area contributed by atoms with Crippen LogP contribution in [-0.4, -0.2) is 25.8 Å². The minimum Gasteiger partial charge on any atom is -0.326 e. The second kappa shape index (κ2) is 5.11. The zero-order chi connectivity index (χ0) is 14.3. The molecule has 0 saturated carbocycles. The van der Waals surface area contributed by atoms with Gasteiger partial charge in [0, 0.05) is 34.6 Å². The molecule has 1 fully saturated rings. The SMILES string of the molecule is CC1CCN(S(=O)(=O)c2c(CN)sc3ccccc23)C1. The van der Waals surface area contributed by atoms with Crippen molar-refractivity contribution in [1.82, 2.24) is 4.31 Å². The van der Waals surface area contributed by atoms with Crippen LogP contribution in [-0.2, 0) is 16.6 Å². The van der Waals surface area contributed by atoms with Gasteiger partial charge >= 0.3 is 0 Å². The highest BCUT2D eigenvalue weighted by Gasteiger charge is 2.34. The molecule has 3 rings (SSSR count). The normalized spacial score (nSPS) is 20.8. The lowest BCUT2D eigenvalue weighted by molar-refractivity contribution is 0.465. The number of nitrogens with zero attached hydrogens (tertiary/aromatic N) is 1. The van der Waals surface area contributed by atoms with Crippen LogP contribution in [0.4, 0.5) is 0 Å². The first-order valence-electron chi connectivity index (χ1n) is 6.74. The maximum atomic E-state index is 12.9. The van der Waals surface area contributed by atoms with Gasteiger partial charge in [0.2, 0.25) is 10.0 Å². The smallest absolute Gasteiger partial charge is 0.244 e. The Labute approximate surface area is 123 Å². The summed E-state index contributed by atoms with van der Waals surface area (Å²) < 4.78 is 28.4. The fraction of sp³-hybridized carbons (Fsp3) is 0.429. The molecule has 1 atom stereocenters. The summed E-state index contributed by atoms with van der Waals surface area (Å²) >= 11 is 1.48. The minimum absolute atomic E-state index is 0.261. The number of sulfonamides is 1. The lowest BCUT2D eigenvalue weighted by Gasteiger charge is -2.16. The number of nitrogens with two attached hydrogens (primary N) is 1. The van der Waals surface area contributed by atoms with Gasteiger partial charge in [-0.2, -0.15) is 4.31 Å². The van der Waals surface area contributed by atoms with Crippen molar-refractivity contribution in [3.8, 4) is 0 Å². The van der Waals surface area contributed by atoms with E-state index in [-0.39, 0.29) is 6.54 Å². The van der Waals surface area contributed by atoms with Crippen molar-refractivity contribution in [2.75, 3.05) is 13.1 Å². The summed E-state index contributed by atoms with van der Waals surface area (Å²) in [6.07, 6.45) is 0.930. The van der Waals surface area contributed by atoms with Crippen molar-refractivity contribution >= 4 is 31.4 Å². The number of fused-ring (bicyclic) bond motifs is 1. The summed E-state index contributed by atoms with van der Waals surface area (Å²) in [6, 6.07) is 7.62. The van der Waals surface area contributed by atoms with Crippen molar-refractivity contribution in [3.63, 3.8) is 0 Å². The summed E-state index contributed by atoms with van der Waals surface area (Å²) in [5, 5.41) is 0.803. The summed E-state index contributed by atoms with van der Waals surface area (Å²) in [5.74, 6) is 0.427. The average Bonchev–Trinajstić information content (AvgIpc) is 3.02.